The number of ether oxygens (including phenoxy) is 1. The summed E-state index contributed by atoms with van der Waals surface area (Å²) in [6, 6.07) is 7.92. The summed E-state index contributed by atoms with van der Waals surface area (Å²) in [5, 5.41) is 11.6. The molecule has 0 heterocycles. The number of aliphatic hydroxyl groups is 1. The molecule has 0 unspecified atom stereocenters. The summed E-state index contributed by atoms with van der Waals surface area (Å²) in [4.78, 5) is 11.6. The van der Waals surface area contributed by atoms with Crippen molar-refractivity contribution in [3.63, 3.8) is 0 Å². The number of aryl methyl sites for hydroxylation is 1. The van der Waals surface area contributed by atoms with Crippen LogP contribution in [0.4, 0.5) is 0 Å². The lowest BCUT2D eigenvalue weighted by atomic mass is 10.2. The molecule has 0 fully saturated rings. The van der Waals surface area contributed by atoms with Crippen molar-refractivity contribution in [2.75, 3.05) is 19.8 Å². The average molecular weight is 293 g/mol. The highest BCUT2D eigenvalue weighted by molar-refractivity contribution is 5.75. The number of carbonyl (C=O) groups is 1. The molecule has 1 aromatic rings. The fourth-order valence-corrected chi connectivity index (χ4v) is 1.96. The van der Waals surface area contributed by atoms with Gasteiger partial charge in [0.15, 0.2) is 0 Å². The predicted octanol–water partition coefficient (Wildman–Crippen LogP) is 2.82. The van der Waals surface area contributed by atoms with E-state index in [0.717, 1.165) is 44.4 Å². The van der Waals surface area contributed by atoms with Crippen molar-refractivity contribution >= 4 is 5.91 Å². The summed E-state index contributed by atoms with van der Waals surface area (Å²) in [6.07, 6.45) is 5.14. The van der Waals surface area contributed by atoms with E-state index in [9.17, 15) is 4.79 Å². The second-order valence-corrected chi connectivity index (χ2v) is 5.25. The largest absolute Gasteiger partial charge is 0.494 e. The van der Waals surface area contributed by atoms with Crippen LogP contribution in [0, 0.1) is 6.92 Å². The molecule has 0 atom stereocenters. The van der Waals surface area contributed by atoms with Crippen LogP contribution in [0.2, 0.25) is 0 Å². The van der Waals surface area contributed by atoms with E-state index >= 15 is 0 Å². The molecule has 0 saturated carbocycles. The number of unbranched alkanes of at least 4 members (excludes halogenated alkanes) is 3. The van der Waals surface area contributed by atoms with Gasteiger partial charge in [-0.3, -0.25) is 4.79 Å². The lowest BCUT2D eigenvalue weighted by Gasteiger charge is -2.07. The Hall–Kier alpha value is -1.55. The Labute approximate surface area is 127 Å². The summed E-state index contributed by atoms with van der Waals surface area (Å²) in [7, 11) is 0. The number of hydrogen-bond acceptors (Lipinski definition) is 3. The highest BCUT2D eigenvalue weighted by Crippen LogP contribution is 2.11. The fourth-order valence-electron chi connectivity index (χ4n) is 1.96. The van der Waals surface area contributed by atoms with Crippen LogP contribution in [-0.4, -0.2) is 30.8 Å². The lowest BCUT2D eigenvalue weighted by Crippen LogP contribution is -2.24. The van der Waals surface area contributed by atoms with Crippen molar-refractivity contribution in [1.82, 2.24) is 5.32 Å². The third-order valence-electron chi connectivity index (χ3n) is 3.24. The summed E-state index contributed by atoms with van der Waals surface area (Å²) in [5.74, 6) is 0.939. The van der Waals surface area contributed by atoms with E-state index in [0.29, 0.717) is 13.0 Å². The van der Waals surface area contributed by atoms with Crippen molar-refractivity contribution in [3.8, 4) is 5.75 Å². The molecule has 0 spiro atoms. The van der Waals surface area contributed by atoms with E-state index in [-0.39, 0.29) is 12.5 Å². The molecule has 1 rings (SSSR count). The van der Waals surface area contributed by atoms with Gasteiger partial charge in [-0.15, -0.1) is 0 Å². The molecule has 2 N–H and O–H groups in total. The van der Waals surface area contributed by atoms with Crippen molar-refractivity contribution in [2.45, 2.75) is 45.4 Å². The Kier molecular flexibility index (Phi) is 9.29. The maximum atomic E-state index is 11.6. The van der Waals surface area contributed by atoms with Crippen LogP contribution in [0.25, 0.3) is 0 Å². The minimum Gasteiger partial charge on any atom is -0.494 e. The first-order valence-electron chi connectivity index (χ1n) is 7.79. The van der Waals surface area contributed by atoms with Gasteiger partial charge in [-0.1, -0.05) is 30.5 Å². The molecular weight excluding hydrogens is 266 g/mol. The highest BCUT2D eigenvalue weighted by atomic mass is 16.5. The van der Waals surface area contributed by atoms with Gasteiger partial charge >= 0.3 is 0 Å². The van der Waals surface area contributed by atoms with E-state index in [1.54, 1.807) is 0 Å². The molecule has 0 aromatic heterocycles. The van der Waals surface area contributed by atoms with Gasteiger partial charge in [-0.2, -0.15) is 0 Å². The Morgan fingerprint density at radius 2 is 1.81 bits per heavy atom. The molecular formula is C17H27NO3. The maximum absolute atomic E-state index is 11.6. The first-order chi connectivity index (χ1) is 10.2. The zero-order valence-electron chi connectivity index (χ0n) is 12.9. The monoisotopic (exact) mass is 293 g/mol. The Balaban J connectivity index is 1.97. The van der Waals surface area contributed by atoms with E-state index in [1.165, 1.54) is 5.56 Å². The van der Waals surface area contributed by atoms with Gasteiger partial charge in [0.1, 0.15) is 5.75 Å². The Morgan fingerprint density at radius 1 is 1.10 bits per heavy atom. The summed E-state index contributed by atoms with van der Waals surface area (Å²) in [5.41, 5.74) is 1.21. The quantitative estimate of drug-likeness (QED) is 0.617. The zero-order valence-corrected chi connectivity index (χ0v) is 12.9. The van der Waals surface area contributed by atoms with E-state index < -0.39 is 0 Å². The first-order valence-corrected chi connectivity index (χ1v) is 7.79. The minimum absolute atomic E-state index is 0.0877. The maximum Gasteiger partial charge on any atom is 0.220 e. The third-order valence-corrected chi connectivity index (χ3v) is 3.24. The van der Waals surface area contributed by atoms with E-state index in [1.807, 2.05) is 31.2 Å². The van der Waals surface area contributed by atoms with Gasteiger partial charge < -0.3 is 15.2 Å². The van der Waals surface area contributed by atoms with E-state index in [4.69, 9.17) is 9.84 Å². The van der Waals surface area contributed by atoms with Crippen LogP contribution in [0.1, 0.15) is 44.1 Å². The third kappa shape index (κ3) is 9.08. The molecule has 0 bridgehead atoms. The number of rotatable bonds is 11. The van der Waals surface area contributed by atoms with Crippen molar-refractivity contribution in [2.24, 2.45) is 0 Å². The van der Waals surface area contributed by atoms with Crippen molar-refractivity contribution in [3.05, 3.63) is 29.8 Å². The summed E-state index contributed by atoms with van der Waals surface area (Å²) in [6.45, 7) is 3.58. The van der Waals surface area contributed by atoms with Crippen molar-refractivity contribution in [1.29, 1.82) is 0 Å². The number of hydrogen-bond donors (Lipinski definition) is 2. The normalized spacial score (nSPS) is 10.4. The molecule has 21 heavy (non-hydrogen) atoms. The zero-order chi connectivity index (χ0) is 15.3. The van der Waals surface area contributed by atoms with E-state index in [2.05, 4.69) is 5.32 Å². The Bertz CT molecular complexity index is 390. The van der Waals surface area contributed by atoms with Crippen molar-refractivity contribution < 1.29 is 14.6 Å². The lowest BCUT2D eigenvalue weighted by molar-refractivity contribution is -0.121. The van der Waals surface area contributed by atoms with Gasteiger partial charge in [0, 0.05) is 19.6 Å². The molecule has 118 valence electrons. The van der Waals surface area contributed by atoms with Crippen LogP contribution in [-0.2, 0) is 4.79 Å². The standard InChI is InChI=1S/C17H27NO3/c1-15-8-10-16(11-9-15)21-14-6-7-17(20)18-12-4-2-3-5-13-19/h8-11,19H,2-7,12-14H2,1H3,(H,18,20). The SMILES string of the molecule is Cc1ccc(OCCCC(=O)NCCCCCCO)cc1. The first kappa shape index (κ1) is 17.5. The second kappa shape index (κ2) is 11.1. The number of amides is 1. The smallest absolute Gasteiger partial charge is 0.220 e. The van der Waals surface area contributed by atoms with Crippen LogP contribution in [0.5, 0.6) is 5.75 Å². The molecule has 1 aromatic carbocycles. The average Bonchev–Trinajstić information content (AvgIpc) is 2.49. The summed E-state index contributed by atoms with van der Waals surface area (Å²) < 4.78 is 5.58. The molecule has 4 heteroatoms. The fraction of sp³-hybridized carbons (Fsp3) is 0.588. The van der Waals surface area contributed by atoms with Crippen LogP contribution in [0.3, 0.4) is 0 Å². The summed E-state index contributed by atoms with van der Waals surface area (Å²) >= 11 is 0. The molecule has 0 aliphatic carbocycles. The minimum atomic E-state index is 0.0877. The van der Waals surface area contributed by atoms with Gasteiger partial charge in [-0.05, 0) is 38.3 Å². The van der Waals surface area contributed by atoms with Crippen LogP contribution < -0.4 is 10.1 Å². The number of carbonyl (C=O) groups excluding carboxylic acids is 1. The predicted molar refractivity (Wildman–Crippen MR) is 84.5 cm³/mol. The molecule has 0 radical (unpaired) electrons. The number of aliphatic hydroxyl groups excluding tert-OH is 1. The topological polar surface area (TPSA) is 58.6 Å². The van der Waals surface area contributed by atoms with Gasteiger partial charge in [-0.25, -0.2) is 0 Å². The molecule has 0 aliphatic heterocycles. The number of nitrogens with one attached hydrogen (secondary N) is 1. The van der Waals surface area contributed by atoms with Crippen LogP contribution in [0.15, 0.2) is 24.3 Å². The molecule has 0 saturated heterocycles. The Morgan fingerprint density at radius 3 is 2.52 bits per heavy atom. The molecule has 0 aliphatic rings. The van der Waals surface area contributed by atoms with Gasteiger partial charge in [0.25, 0.3) is 0 Å². The van der Waals surface area contributed by atoms with Crippen LogP contribution >= 0.6 is 0 Å². The number of benzene rings is 1. The highest BCUT2D eigenvalue weighted by Gasteiger charge is 2.01. The van der Waals surface area contributed by atoms with Gasteiger partial charge in [0.05, 0.1) is 6.61 Å². The van der Waals surface area contributed by atoms with Gasteiger partial charge in [0.2, 0.25) is 5.91 Å². The second-order valence-electron chi connectivity index (χ2n) is 5.25. The molecule has 4 nitrogen and oxygen atoms in total. The molecule has 1 amide bonds.